The average molecular weight is 287 g/mol. The van der Waals surface area contributed by atoms with E-state index in [4.69, 9.17) is 5.11 Å². The Morgan fingerprint density at radius 3 is 2.70 bits per heavy atom. The molecule has 1 aliphatic rings. The summed E-state index contributed by atoms with van der Waals surface area (Å²) >= 11 is 0. The van der Waals surface area contributed by atoms with Gasteiger partial charge in [-0.15, -0.1) is 0 Å². The highest BCUT2D eigenvalue weighted by molar-refractivity contribution is 5.86. The molecule has 2 atom stereocenters. The molecule has 0 aromatic heterocycles. The highest BCUT2D eigenvalue weighted by Gasteiger charge is 2.25. The SMILES string of the molecule is COC(=O)C[C@H](NC(=O)NCC1CCC(=O)N1)C(=O)O. The van der Waals surface area contributed by atoms with Gasteiger partial charge in [0.05, 0.1) is 13.5 Å². The van der Waals surface area contributed by atoms with Crippen LogP contribution in [0.5, 0.6) is 0 Å². The lowest BCUT2D eigenvalue weighted by molar-refractivity contribution is -0.147. The van der Waals surface area contributed by atoms with E-state index in [0.717, 1.165) is 7.11 Å². The van der Waals surface area contributed by atoms with E-state index in [1.54, 1.807) is 0 Å². The van der Waals surface area contributed by atoms with Gasteiger partial charge in [-0.3, -0.25) is 9.59 Å². The molecule has 9 nitrogen and oxygen atoms in total. The first-order valence-electron chi connectivity index (χ1n) is 6.05. The number of methoxy groups -OCH3 is 1. The van der Waals surface area contributed by atoms with Crippen LogP contribution < -0.4 is 16.0 Å². The molecule has 1 saturated heterocycles. The molecule has 0 aromatic rings. The van der Waals surface area contributed by atoms with Crippen molar-refractivity contribution in [3.8, 4) is 0 Å². The van der Waals surface area contributed by atoms with Crippen molar-refractivity contribution in [3.63, 3.8) is 0 Å². The maximum absolute atomic E-state index is 11.5. The van der Waals surface area contributed by atoms with Gasteiger partial charge >= 0.3 is 18.0 Å². The van der Waals surface area contributed by atoms with Gasteiger partial charge in [0.15, 0.2) is 0 Å². The number of amides is 3. The van der Waals surface area contributed by atoms with E-state index in [2.05, 4.69) is 20.7 Å². The fraction of sp³-hybridized carbons (Fsp3) is 0.636. The zero-order chi connectivity index (χ0) is 15.1. The van der Waals surface area contributed by atoms with E-state index in [0.29, 0.717) is 12.8 Å². The van der Waals surface area contributed by atoms with Crippen LogP contribution in [0.25, 0.3) is 0 Å². The number of hydrogen-bond donors (Lipinski definition) is 4. The number of carbonyl (C=O) groups excluding carboxylic acids is 3. The number of rotatable bonds is 6. The molecule has 0 aliphatic carbocycles. The molecule has 1 heterocycles. The standard InChI is InChI=1S/C11H17N3O6/c1-20-9(16)4-7(10(17)18)14-11(19)12-5-6-2-3-8(15)13-6/h6-7H,2-5H2,1H3,(H,13,15)(H,17,18)(H2,12,14,19)/t6?,7-/m0/s1. The van der Waals surface area contributed by atoms with Crippen LogP contribution in [0.3, 0.4) is 0 Å². The summed E-state index contributed by atoms with van der Waals surface area (Å²) in [6.45, 7) is 0.197. The molecule has 0 saturated carbocycles. The van der Waals surface area contributed by atoms with E-state index in [9.17, 15) is 19.2 Å². The minimum absolute atomic E-state index is 0.0775. The fourth-order valence-corrected chi connectivity index (χ4v) is 1.71. The molecular weight excluding hydrogens is 270 g/mol. The monoisotopic (exact) mass is 287 g/mol. The van der Waals surface area contributed by atoms with E-state index in [1.807, 2.05) is 0 Å². The molecule has 1 rings (SSSR count). The molecule has 9 heteroatoms. The molecule has 1 unspecified atom stereocenters. The number of carboxylic acids is 1. The number of carbonyl (C=O) groups is 4. The first-order valence-corrected chi connectivity index (χ1v) is 6.05. The number of urea groups is 1. The zero-order valence-corrected chi connectivity index (χ0v) is 11.0. The Morgan fingerprint density at radius 2 is 2.20 bits per heavy atom. The predicted octanol–water partition coefficient (Wildman–Crippen LogP) is -1.42. The first-order chi connectivity index (χ1) is 9.42. The summed E-state index contributed by atoms with van der Waals surface area (Å²) in [6, 6.07) is -2.24. The van der Waals surface area contributed by atoms with Crippen molar-refractivity contribution in [2.24, 2.45) is 0 Å². The summed E-state index contributed by atoms with van der Waals surface area (Å²) in [5.74, 6) is -2.15. The summed E-state index contributed by atoms with van der Waals surface area (Å²) < 4.78 is 4.34. The van der Waals surface area contributed by atoms with Crippen molar-refractivity contribution in [1.29, 1.82) is 0 Å². The predicted molar refractivity (Wildman–Crippen MR) is 65.8 cm³/mol. The molecule has 0 spiro atoms. The summed E-state index contributed by atoms with van der Waals surface area (Å²) in [5, 5.41) is 16.1. The van der Waals surface area contributed by atoms with Gasteiger partial charge in [0.1, 0.15) is 6.04 Å². The average Bonchev–Trinajstić information content (AvgIpc) is 2.81. The van der Waals surface area contributed by atoms with Crippen LogP contribution in [-0.2, 0) is 19.1 Å². The Morgan fingerprint density at radius 1 is 1.50 bits per heavy atom. The van der Waals surface area contributed by atoms with Crippen LogP contribution in [0.1, 0.15) is 19.3 Å². The molecule has 1 aliphatic heterocycles. The van der Waals surface area contributed by atoms with Crippen molar-refractivity contribution in [1.82, 2.24) is 16.0 Å². The second-order valence-corrected chi connectivity index (χ2v) is 4.33. The Hall–Kier alpha value is -2.32. The Labute approximate surface area is 115 Å². The molecular formula is C11H17N3O6. The van der Waals surface area contributed by atoms with E-state index >= 15 is 0 Å². The highest BCUT2D eigenvalue weighted by Crippen LogP contribution is 2.04. The lowest BCUT2D eigenvalue weighted by Gasteiger charge is -2.16. The number of hydrogen-bond acceptors (Lipinski definition) is 5. The minimum atomic E-state index is -1.36. The van der Waals surface area contributed by atoms with Gasteiger partial charge in [-0.05, 0) is 6.42 Å². The topological polar surface area (TPSA) is 134 Å². The molecule has 112 valence electrons. The molecule has 4 N–H and O–H groups in total. The normalized spacial score (nSPS) is 18.9. The van der Waals surface area contributed by atoms with Crippen LogP contribution in [0.15, 0.2) is 0 Å². The molecule has 0 bridgehead atoms. The summed E-state index contributed by atoms with van der Waals surface area (Å²) in [5.41, 5.74) is 0. The van der Waals surface area contributed by atoms with E-state index in [-0.39, 0.29) is 18.5 Å². The molecule has 3 amide bonds. The number of carboxylic acid groups (broad SMARTS) is 1. The third-order valence-corrected chi connectivity index (χ3v) is 2.80. The van der Waals surface area contributed by atoms with Gasteiger partial charge in [-0.25, -0.2) is 9.59 Å². The van der Waals surface area contributed by atoms with Crippen molar-refractivity contribution in [3.05, 3.63) is 0 Å². The third-order valence-electron chi connectivity index (χ3n) is 2.80. The highest BCUT2D eigenvalue weighted by atomic mass is 16.5. The number of esters is 1. The number of ether oxygens (including phenoxy) is 1. The molecule has 0 radical (unpaired) electrons. The maximum atomic E-state index is 11.5. The molecule has 0 aromatic carbocycles. The van der Waals surface area contributed by atoms with Crippen LogP contribution in [-0.4, -0.2) is 54.7 Å². The summed E-state index contributed by atoms with van der Waals surface area (Å²) in [7, 11) is 1.13. The van der Waals surface area contributed by atoms with Crippen molar-refractivity contribution in [2.45, 2.75) is 31.3 Å². The Bertz CT molecular complexity index is 411. The maximum Gasteiger partial charge on any atom is 0.326 e. The van der Waals surface area contributed by atoms with Crippen LogP contribution in [0.4, 0.5) is 4.79 Å². The van der Waals surface area contributed by atoms with Crippen LogP contribution in [0, 0.1) is 0 Å². The van der Waals surface area contributed by atoms with E-state index < -0.39 is 30.4 Å². The van der Waals surface area contributed by atoms with Gasteiger partial charge < -0.3 is 25.8 Å². The van der Waals surface area contributed by atoms with Crippen LogP contribution in [0.2, 0.25) is 0 Å². The summed E-state index contributed by atoms with van der Waals surface area (Å²) in [6.07, 6.45) is 0.567. The van der Waals surface area contributed by atoms with Gasteiger partial charge in [0, 0.05) is 19.0 Å². The number of nitrogens with one attached hydrogen (secondary N) is 3. The largest absolute Gasteiger partial charge is 0.480 e. The van der Waals surface area contributed by atoms with Crippen molar-refractivity contribution in [2.75, 3.05) is 13.7 Å². The molecule has 1 fully saturated rings. The third kappa shape index (κ3) is 5.12. The molecule has 20 heavy (non-hydrogen) atoms. The van der Waals surface area contributed by atoms with Crippen molar-refractivity contribution < 1.29 is 29.0 Å². The fourth-order valence-electron chi connectivity index (χ4n) is 1.71. The lowest BCUT2D eigenvalue weighted by atomic mass is 10.2. The van der Waals surface area contributed by atoms with E-state index in [1.165, 1.54) is 0 Å². The van der Waals surface area contributed by atoms with Gasteiger partial charge in [-0.2, -0.15) is 0 Å². The quantitative estimate of drug-likeness (QED) is 0.443. The second kappa shape index (κ2) is 7.31. The van der Waals surface area contributed by atoms with Gasteiger partial charge in [-0.1, -0.05) is 0 Å². The Kier molecular flexibility index (Phi) is 5.75. The second-order valence-electron chi connectivity index (χ2n) is 4.33. The smallest absolute Gasteiger partial charge is 0.326 e. The number of aliphatic carboxylic acids is 1. The Balaban J connectivity index is 2.36. The van der Waals surface area contributed by atoms with Gasteiger partial charge in [0.25, 0.3) is 0 Å². The van der Waals surface area contributed by atoms with Gasteiger partial charge in [0.2, 0.25) is 5.91 Å². The van der Waals surface area contributed by atoms with Crippen molar-refractivity contribution >= 4 is 23.9 Å². The van der Waals surface area contributed by atoms with Crippen LogP contribution >= 0.6 is 0 Å². The lowest BCUT2D eigenvalue weighted by Crippen LogP contribution is -2.49. The first kappa shape index (κ1) is 15.7. The zero-order valence-electron chi connectivity index (χ0n) is 11.0. The summed E-state index contributed by atoms with van der Waals surface area (Å²) in [4.78, 5) is 44.4. The minimum Gasteiger partial charge on any atom is -0.480 e.